The van der Waals surface area contributed by atoms with Crippen LogP contribution < -0.4 is 19.1 Å². The van der Waals surface area contributed by atoms with Crippen molar-refractivity contribution in [2.75, 3.05) is 31.6 Å². The van der Waals surface area contributed by atoms with Crippen LogP contribution in [0.5, 0.6) is 11.5 Å². The first kappa shape index (κ1) is 31.5. The van der Waals surface area contributed by atoms with E-state index >= 15 is 0 Å². The van der Waals surface area contributed by atoms with Gasteiger partial charge in [-0.25, -0.2) is 8.42 Å². The molecule has 0 aliphatic carbocycles. The first-order valence-corrected chi connectivity index (χ1v) is 15.0. The van der Waals surface area contributed by atoms with Gasteiger partial charge in [0.1, 0.15) is 12.6 Å². The summed E-state index contributed by atoms with van der Waals surface area (Å²) < 4.78 is 39.7. The van der Waals surface area contributed by atoms with Crippen LogP contribution in [-0.2, 0) is 26.2 Å². The maximum Gasteiger partial charge on any atom is 0.264 e. The van der Waals surface area contributed by atoms with Crippen LogP contribution in [0, 0.1) is 6.92 Å². The fourth-order valence-corrected chi connectivity index (χ4v) is 5.95. The van der Waals surface area contributed by atoms with E-state index in [2.05, 4.69) is 5.32 Å². The highest BCUT2D eigenvalue weighted by Crippen LogP contribution is 2.34. The molecular formula is C31H39N3O6S. The molecule has 0 bridgehead atoms. The Morgan fingerprint density at radius 2 is 1.61 bits per heavy atom. The number of hydrogen-bond acceptors (Lipinski definition) is 6. The normalized spacial score (nSPS) is 11.8. The Labute approximate surface area is 243 Å². The molecule has 10 heteroatoms. The Kier molecular flexibility index (Phi) is 11.2. The van der Waals surface area contributed by atoms with E-state index in [0.717, 1.165) is 21.9 Å². The van der Waals surface area contributed by atoms with Crippen LogP contribution in [0.15, 0.2) is 77.7 Å². The summed E-state index contributed by atoms with van der Waals surface area (Å²) in [5.41, 5.74) is 2.07. The highest BCUT2D eigenvalue weighted by atomic mass is 32.2. The minimum atomic E-state index is -4.18. The van der Waals surface area contributed by atoms with E-state index in [9.17, 15) is 18.0 Å². The summed E-state index contributed by atoms with van der Waals surface area (Å²) in [5.74, 6) is -0.0645. The minimum Gasteiger partial charge on any atom is -0.493 e. The van der Waals surface area contributed by atoms with Gasteiger partial charge in [0, 0.05) is 19.2 Å². The smallest absolute Gasteiger partial charge is 0.264 e. The molecule has 0 saturated heterocycles. The van der Waals surface area contributed by atoms with Crippen molar-refractivity contribution in [3.8, 4) is 11.5 Å². The molecule has 1 N–H and O–H groups in total. The van der Waals surface area contributed by atoms with Gasteiger partial charge >= 0.3 is 0 Å². The molecule has 0 radical (unpaired) electrons. The zero-order valence-corrected chi connectivity index (χ0v) is 25.1. The van der Waals surface area contributed by atoms with E-state index in [0.29, 0.717) is 24.5 Å². The number of carbonyl (C=O) groups excluding carboxylic acids is 2. The van der Waals surface area contributed by atoms with E-state index in [1.807, 2.05) is 45.0 Å². The number of nitrogens with one attached hydrogen (secondary N) is 1. The number of benzene rings is 3. The summed E-state index contributed by atoms with van der Waals surface area (Å²) in [4.78, 5) is 28.8. The van der Waals surface area contributed by atoms with Crippen LogP contribution in [-0.4, -0.2) is 58.5 Å². The second-order valence-corrected chi connectivity index (χ2v) is 11.5. The second-order valence-electron chi connectivity index (χ2n) is 9.59. The van der Waals surface area contributed by atoms with Crippen molar-refractivity contribution in [3.63, 3.8) is 0 Å². The molecule has 3 rings (SSSR count). The Hall–Kier alpha value is -4.05. The number of ether oxygens (including phenoxy) is 2. The van der Waals surface area contributed by atoms with Crippen molar-refractivity contribution in [3.05, 3.63) is 83.9 Å². The molecule has 0 saturated carbocycles. The molecule has 3 aromatic rings. The molecular weight excluding hydrogens is 542 g/mol. The van der Waals surface area contributed by atoms with Gasteiger partial charge in [0.05, 0.1) is 24.8 Å². The number of carbonyl (C=O) groups is 2. The van der Waals surface area contributed by atoms with Gasteiger partial charge in [0.2, 0.25) is 11.8 Å². The lowest BCUT2D eigenvalue weighted by molar-refractivity contribution is -0.140. The van der Waals surface area contributed by atoms with Crippen molar-refractivity contribution < 1.29 is 27.5 Å². The van der Waals surface area contributed by atoms with Gasteiger partial charge < -0.3 is 19.7 Å². The van der Waals surface area contributed by atoms with E-state index in [1.54, 1.807) is 30.3 Å². The summed E-state index contributed by atoms with van der Waals surface area (Å²) in [6, 6.07) is 19.5. The fourth-order valence-electron chi connectivity index (χ4n) is 4.52. The lowest BCUT2D eigenvalue weighted by Crippen LogP contribution is -2.52. The molecule has 0 spiro atoms. The number of rotatable bonds is 14. The van der Waals surface area contributed by atoms with Crippen LogP contribution in [0.1, 0.15) is 37.8 Å². The summed E-state index contributed by atoms with van der Waals surface area (Å²) in [7, 11) is -1.25. The number of sulfonamides is 1. The average molecular weight is 582 g/mol. The predicted molar refractivity (Wildman–Crippen MR) is 160 cm³/mol. The summed E-state index contributed by atoms with van der Waals surface area (Å²) in [6.07, 6.45) is 1.10. The number of anilines is 1. The summed E-state index contributed by atoms with van der Waals surface area (Å²) in [6.45, 7) is 5.82. The standard InChI is InChI=1S/C31H39N3O6S/c1-6-18-32-31(36)27(7-2)33(21-24-13-11-12-23(3)19-24)30(35)22-34(41(37,38)26-14-9-8-10-15-26)25-16-17-28(39-4)29(20-25)40-5/h8-17,19-20,27H,6-7,18,21-22H2,1-5H3,(H,32,36)/t27-/m1/s1. The molecule has 2 amide bonds. The largest absolute Gasteiger partial charge is 0.493 e. The number of aryl methyl sites for hydroxylation is 1. The maximum absolute atomic E-state index is 14.1. The van der Waals surface area contributed by atoms with E-state index < -0.39 is 28.5 Å². The summed E-state index contributed by atoms with van der Waals surface area (Å²) >= 11 is 0. The van der Waals surface area contributed by atoms with Gasteiger partial charge in [0.25, 0.3) is 10.0 Å². The van der Waals surface area contributed by atoms with Crippen LogP contribution in [0.3, 0.4) is 0 Å². The van der Waals surface area contributed by atoms with E-state index in [-0.39, 0.29) is 23.0 Å². The minimum absolute atomic E-state index is 0.0283. The summed E-state index contributed by atoms with van der Waals surface area (Å²) in [5, 5.41) is 2.89. The van der Waals surface area contributed by atoms with Crippen molar-refractivity contribution in [1.82, 2.24) is 10.2 Å². The molecule has 220 valence electrons. The van der Waals surface area contributed by atoms with Crippen LogP contribution in [0.4, 0.5) is 5.69 Å². The third-order valence-corrected chi connectivity index (χ3v) is 8.42. The monoisotopic (exact) mass is 581 g/mol. The number of hydrogen-bond donors (Lipinski definition) is 1. The Balaban J connectivity index is 2.10. The van der Waals surface area contributed by atoms with Crippen molar-refractivity contribution in [1.29, 1.82) is 0 Å². The van der Waals surface area contributed by atoms with Gasteiger partial charge in [-0.1, -0.05) is 61.9 Å². The lowest BCUT2D eigenvalue weighted by Gasteiger charge is -2.33. The third-order valence-electron chi connectivity index (χ3n) is 6.64. The van der Waals surface area contributed by atoms with E-state index in [1.165, 1.54) is 37.3 Å². The van der Waals surface area contributed by atoms with Crippen molar-refractivity contribution in [2.24, 2.45) is 0 Å². The molecule has 0 aromatic heterocycles. The van der Waals surface area contributed by atoms with Crippen LogP contribution in [0.25, 0.3) is 0 Å². The zero-order valence-electron chi connectivity index (χ0n) is 24.3. The van der Waals surface area contributed by atoms with Crippen LogP contribution in [0.2, 0.25) is 0 Å². The first-order chi connectivity index (χ1) is 19.7. The van der Waals surface area contributed by atoms with Gasteiger partial charge in [-0.2, -0.15) is 0 Å². The molecule has 0 aliphatic rings. The lowest BCUT2D eigenvalue weighted by atomic mass is 10.1. The molecule has 3 aromatic carbocycles. The first-order valence-electron chi connectivity index (χ1n) is 13.6. The van der Waals surface area contributed by atoms with Crippen molar-refractivity contribution >= 4 is 27.5 Å². The Morgan fingerprint density at radius 1 is 0.902 bits per heavy atom. The average Bonchev–Trinajstić information content (AvgIpc) is 2.98. The number of amides is 2. The van der Waals surface area contributed by atoms with Gasteiger partial charge in [-0.15, -0.1) is 0 Å². The van der Waals surface area contributed by atoms with Crippen LogP contribution >= 0.6 is 0 Å². The fraction of sp³-hybridized carbons (Fsp3) is 0.355. The quantitative estimate of drug-likeness (QED) is 0.300. The predicted octanol–water partition coefficient (Wildman–Crippen LogP) is 4.54. The van der Waals surface area contributed by atoms with Gasteiger partial charge in [0.15, 0.2) is 11.5 Å². The van der Waals surface area contributed by atoms with E-state index in [4.69, 9.17) is 9.47 Å². The molecule has 0 unspecified atom stereocenters. The second kappa shape index (κ2) is 14.5. The topological polar surface area (TPSA) is 105 Å². The Bertz CT molecular complexity index is 1430. The van der Waals surface area contributed by atoms with Crippen molar-refractivity contribution in [2.45, 2.75) is 51.1 Å². The SMILES string of the molecule is CCCNC(=O)[C@@H](CC)N(Cc1cccc(C)c1)C(=O)CN(c1ccc(OC)c(OC)c1)S(=O)(=O)c1ccccc1. The molecule has 41 heavy (non-hydrogen) atoms. The van der Waals surface area contributed by atoms with Gasteiger partial charge in [-0.05, 0) is 49.6 Å². The molecule has 0 aliphatic heterocycles. The molecule has 0 heterocycles. The highest BCUT2D eigenvalue weighted by molar-refractivity contribution is 7.92. The Morgan fingerprint density at radius 3 is 2.22 bits per heavy atom. The molecule has 0 fully saturated rings. The zero-order chi connectivity index (χ0) is 30.0. The van der Waals surface area contributed by atoms with Gasteiger partial charge in [-0.3, -0.25) is 13.9 Å². The number of nitrogens with zero attached hydrogens (tertiary/aromatic N) is 2. The number of methoxy groups -OCH3 is 2. The maximum atomic E-state index is 14.1. The third kappa shape index (κ3) is 7.79. The highest BCUT2D eigenvalue weighted by Gasteiger charge is 2.34. The molecule has 9 nitrogen and oxygen atoms in total. The molecule has 1 atom stereocenters.